The predicted molar refractivity (Wildman–Crippen MR) is 152 cm³/mol. The smallest absolute Gasteiger partial charge is 0.271 e. The molecule has 1 aliphatic heterocycles. The van der Waals surface area contributed by atoms with E-state index < -0.39 is 0 Å². The number of hydrogen-bond donors (Lipinski definition) is 1. The normalized spacial score (nSPS) is 16.6. The third-order valence-electron chi connectivity index (χ3n) is 7.59. The third-order valence-corrected chi connectivity index (χ3v) is 7.59. The van der Waals surface area contributed by atoms with Gasteiger partial charge in [-0.3, -0.25) is 14.9 Å². The Labute approximate surface area is 227 Å². The van der Waals surface area contributed by atoms with E-state index in [1.54, 1.807) is 19.2 Å². The van der Waals surface area contributed by atoms with Crippen molar-refractivity contribution in [1.29, 1.82) is 0 Å². The highest BCUT2D eigenvalue weighted by molar-refractivity contribution is 5.83. The van der Waals surface area contributed by atoms with Crippen LogP contribution in [0.2, 0.25) is 0 Å². The van der Waals surface area contributed by atoms with Gasteiger partial charge >= 0.3 is 0 Å². The lowest BCUT2D eigenvalue weighted by atomic mass is 9.95. The van der Waals surface area contributed by atoms with E-state index in [0.717, 1.165) is 41.7 Å². The molecule has 1 amide bonds. The van der Waals surface area contributed by atoms with Gasteiger partial charge in [0.15, 0.2) is 0 Å². The summed E-state index contributed by atoms with van der Waals surface area (Å²) in [5, 5.41) is 13.8. The Bertz CT molecular complexity index is 1480. The van der Waals surface area contributed by atoms with Crippen LogP contribution in [0.4, 0.5) is 5.69 Å². The molecule has 1 fully saturated rings. The average Bonchev–Trinajstić information content (AvgIpc) is 3.31. The summed E-state index contributed by atoms with van der Waals surface area (Å²) in [4.78, 5) is 31.1. The summed E-state index contributed by atoms with van der Waals surface area (Å²) in [6.07, 6.45) is 3.47. The first kappa shape index (κ1) is 26.8. The second-order valence-electron chi connectivity index (χ2n) is 10.4. The van der Waals surface area contributed by atoms with E-state index in [-0.39, 0.29) is 34.9 Å². The number of imidazole rings is 1. The van der Waals surface area contributed by atoms with Crippen LogP contribution in [0.5, 0.6) is 0 Å². The van der Waals surface area contributed by atoms with E-state index in [9.17, 15) is 14.9 Å². The standard InChI is InChI=1S/C30H35N5O4/c1-39-15-5-14-34-28-19-26(35(37)38)11-12-27(28)32-30(34)24-8-4-13-33(20-24)29(36)18-25(31)17-21-9-10-22-6-2-3-7-23(22)16-21/h2-3,6-7,9-12,16,19,24-25H,4-5,8,13-15,17-18,20,31H2,1H3/t24-,25-/m1/s1. The summed E-state index contributed by atoms with van der Waals surface area (Å²) < 4.78 is 7.32. The average molecular weight is 530 g/mol. The highest BCUT2D eigenvalue weighted by atomic mass is 16.6. The number of non-ortho nitro benzene ring substituents is 1. The number of aromatic nitrogens is 2. The molecule has 1 aliphatic rings. The van der Waals surface area contributed by atoms with E-state index in [0.29, 0.717) is 32.7 Å². The van der Waals surface area contributed by atoms with Crippen LogP contribution in [-0.4, -0.2) is 58.1 Å². The zero-order valence-electron chi connectivity index (χ0n) is 22.3. The van der Waals surface area contributed by atoms with Crippen LogP contribution in [0, 0.1) is 10.1 Å². The van der Waals surface area contributed by atoms with Crippen molar-refractivity contribution in [3.05, 3.63) is 82.2 Å². The molecule has 1 aromatic heterocycles. The second kappa shape index (κ2) is 11.9. The molecule has 0 unspecified atom stereocenters. The SMILES string of the molecule is COCCCn1c([C@@H]2CCCN(C(=O)C[C@H](N)Cc3ccc4ccccc4c3)C2)nc2ccc([N+](=O)[O-])cc21. The summed E-state index contributed by atoms with van der Waals surface area (Å²) in [6.45, 7) is 2.49. The summed E-state index contributed by atoms with van der Waals surface area (Å²) in [7, 11) is 1.66. The zero-order chi connectivity index (χ0) is 27.4. The summed E-state index contributed by atoms with van der Waals surface area (Å²) in [5.74, 6) is 0.985. The van der Waals surface area contributed by atoms with Gasteiger partial charge in [-0.1, -0.05) is 42.5 Å². The Kier molecular flexibility index (Phi) is 8.18. The van der Waals surface area contributed by atoms with E-state index in [1.165, 1.54) is 16.8 Å². The van der Waals surface area contributed by atoms with Crippen LogP contribution in [0.15, 0.2) is 60.7 Å². The molecular weight excluding hydrogens is 494 g/mol. The fourth-order valence-electron chi connectivity index (χ4n) is 5.67. The molecule has 2 atom stereocenters. The molecule has 39 heavy (non-hydrogen) atoms. The lowest BCUT2D eigenvalue weighted by Crippen LogP contribution is -2.42. The number of amides is 1. The third kappa shape index (κ3) is 6.10. The molecule has 5 rings (SSSR count). The molecule has 0 aliphatic carbocycles. The molecule has 2 heterocycles. The number of rotatable bonds is 10. The van der Waals surface area contributed by atoms with Gasteiger partial charge in [0, 0.05) is 63.9 Å². The highest BCUT2D eigenvalue weighted by Gasteiger charge is 2.29. The van der Waals surface area contributed by atoms with Gasteiger partial charge in [-0.05, 0) is 48.1 Å². The van der Waals surface area contributed by atoms with E-state index in [1.807, 2.05) is 17.0 Å². The predicted octanol–water partition coefficient (Wildman–Crippen LogP) is 4.80. The number of nitro benzene ring substituents is 1. The number of nitrogens with two attached hydrogens (primary N) is 1. The van der Waals surface area contributed by atoms with Crippen LogP contribution >= 0.6 is 0 Å². The van der Waals surface area contributed by atoms with Gasteiger partial charge in [0.05, 0.1) is 16.0 Å². The monoisotopic (exact) mass is 529 g/mol. The maximum atomic E-state index is 13.3. The molecule has 1 saturated heterocycles. The minimum absolute atomic E-state index is 0.0443. The Morgan fingerprint density at radius 3 is 2.79 bits per heavy atom. The topological polar surface area (TPSA) is 117 Å². The maximum Gasteiger partial charge on any atom is 0.271 e. The minimum atomic E-state index is -0.381. The number of nitrogens with zero attached hydrogens (tertiary/aromatic N) is 4. The number of hydrogen-bond acceptors (Lipinski definition) is 6. The zero-order valence-corrected chi connectivity index (χ0v) is 22.3. The number of nitro groups is 1. The van der Waals surface area contributed by atoms with Crippen LogP contribution < -0.4 is 5.73 Å². The fourth-order valence-corrected chi connectivity index (χ4v) is 5.67. The lowest BCUT2D eigenvalue weighted by Gasteiger charge is -2.33. The van der Waals surface area contributed by atoms with E-state index in [4.69, 9.17) is 15.5 Å². The van der Waals surface area contributed by atoms with Gasteiger partial charge < -0.3 is 19.9 Å². The first-order valence-corrected chi connectivity index (χ1v) is 13.6. The molecule has 0 bridgehead atoms. The largest absolute Gasteiger partial charge is 0.385 e. The second-order valence-corrected chi connectivity index (χ2v) is 10.4. The Hall–Kier alpha value is -3.82. The molecular formula is C30H35N5O4. The van der Waals surface area contributed by atoms with Crippen LogP contribution in [-0.2, 0) is 22.5 Å². The van der Waals surface area contributed by atoms with Crippen molar-refractivity contribution in [2.75, 3.05) is 26.8 Å². The molecule has 2 N–H and O–H groups in total. The van der Waals surface area contributed by atoms with Crippen LogP contribution in [0.25, 0.3) is 21.8 Å². The highest BCUT2D eigenvalue weighted by Crippen LogP contribution is 2.31. The van der Waals surface area contributed by atoms with Crippen LogP contribution in [0.3, 0.4) is 0 Å². The van der Waals surface area contributed by atoms with Gasteiger partial charge in [-0.25, -0.2) is 4.98 Å². The maximum absolute atomic E-state index is 13.3. The van der Waals surface area contributed by atoms with Crippen molar-refractivity contribution in [2.24, 2.45) is 5.73 Å². The Morgan fingerprint density at radius 1 is 1.18 bits per heavy atom. The quantitative estimate of drug-likeness (QED) is 0.179. The van der Waals surface area contributed by atoms with Crippen molar-refractivity contribution in [3.8, 4) is 0 Å². The van der Waals surface area contributed by atoms with Crippen molar-refractivity contribution in [1.82, 2.24) is 14.5 Å². The molecule has 0 spiro atoms. The molecule has 0 radical (unpaired) electrons. The van der Waals surface area contributed by atoms with Gasteiger partial charge in [0.2, 0.25) is 5.91 Å². The first-order chi connectivity index (χ1) is 18.9. The Morgan fingerprint density at radius 2 is 2.00 bits per heavy atom. The van der Waals surface area contributed by atoms with E-state index >= 15 is 0 Å². The fraction of sp³-hybridized carbons (Fsp3) is 0.400. The van der Waals surface area contributed by atoms with Crippen molar-refractivity contribution >= 4 is 33.4 Å². The number of carbonyl (C=O) groups excluding carboxylic acids is 1. The van der Waals surface area contributed by atoms with Gasteiger partial charge in [-0.2, -0.15) is 0 Å². The summed E-state index contributed by atoms with van der Waals surface area (Å²) >= 11 is 0. The number of piperidine rings is 1. The van der Waals surface area contributed by atoms with E-state index in [2.05, 4.69) is 34.9 Å². The number of carbonyl (C=O) groups is 1. The number of methoxy groups -OCH3 is 1. The van der Waals surface area contributed by atoms with Crippen molar-refractivity contribution in [2.45, 2.75) is 50.6 Å². The number of fused-ring (bicyclic) bond motifs is 2. The number of benzene rings is 3. The van der Waals surface area contributed by atoms with Crippen molar-refractivity contribution < 1.29 is 14.5 Å². The van der Waals surface area contributed by atoms with Gasteiger partial charge in [0.25, 0.3) is 5.69 Å². The Balaban J connectivity index is 1.29. The van der Waals surface area contributed by atoms with Crippen LogP contribution in [0.1, 0.15) is 43.0 Å². The number of likely N-dealkylation sites (tertiary alicyclic amines) is 1. The summed E-state index contributed by atoms with van der Waals surface area (Å²) in [6, 6.07) is 19.1. The minimum Gasteiger partial charge on any atom is -0.385 e. The molecule has 3 aromatic carbocycles. The van der Waals surface area contributed by atoms with Gasteiger partial charge in [-0.15, -0.1) is 0 Å². The lowest BCUT2D eigenvalue weighted by molar-refractivity contribution is -0.384. The molecule has 9 nitrogen and oxygen atoms in total. The van der Waals surface area contributed by atoms with Gasteiger partial charge in [0.1, 0.15) is 5.82 Å². The number of ether oxygens (including phenoxy) is 1. The molecule has 4 aromatic rings. The summed E-state index contributed by atoms with van der Waals surface area (Å²) in [5.41, 5.74) is 9.10. The number of aryl methyl sites for hydroxylation is 1. The molecule has 9 heteroatoms. The molecule has 204 valence electrons. The first-order valence-electron chi connectivity index (χ1n) is 13.6. The molecule has 0 saturated carbocycles. The van der Waals surface area contributed by atoms with Crippen molar-refractivity contribution in [3.63, 3.8) is 0 Å².